The van der Waals surface area contributed by atoms with E-state index in [4.69, 9.17) is 9.94 Å². The number of carboxylic acids is 1. The average Bonchev–Trinajstić information content (AvgIpc) is 3.41. The van der Waals surface area contributed by atoms with E-state index in [0.29, 0.717) is 19.1 Å². The maximum Gasteiger partial charge on any atom is 0.307 e. The van der Waals surface area contributed by atoms with Crippen molar-refractivity contribution in [3.05, 3.63) is 35.9 Å². The molecule has 124 valence electrons. The van der Waals surface area contributed by atoms with Gasteiger partial charge in [0.15, 0.2) is 0 Å². The minimum atomic E-state index is -0.686. The van der Waals surface area contributed by atoms with Gasteiger partial charge >= 0.3 is 5.97 Å². The Morgan fingerprint density at radius 3 is 2.70 bits per heavy atom. The zero-order valence-corrected chi connectivity index (χ0v) is 13.4. The first-order valence-electron chi connectivity index (χ1n) is 8.44. The number of carboxylic acid groups (broad SMARTS) is 1. The first-order valence-corrected chi connectivity index (χ1v) is 8.44. The lowest BCUT2D eigenvalue weighted by Gasteiger charge is -2.29. The zero-order chi connectivity index (χ0) is 16.1. The van der Waals surface area contributed by atoms with Gasteiger partial charge in [-0.1, -0.05) is 35.5 Å². The standard InChI is InChI=1S/C18H24N2O3/c21-18(22)16-7-4-10-20(13-16)11-12-23-19-17(15-8-9-15)14-5-2-1-3-6-14/h1-3,5-6,15-16H,4,7-13H2,(H,21,22)/t16-/m1/s1. The largest absolute Gasteiger partial charge is 0.481 e. The number of aliphatic carboxylic acids is 1. The van der Waals surface area contributed by atoms with Crippen LogP contribution in [0.15, 0.2) is 35.5 Å². The van der Waals surface area contributed by atoms with E-state index in [9.17, 15) is 4.79 Å². The Morgan fingerprint density at radius 2 is 2.00 bits per heavy atom. The molecule has 0 aromatic heterocycles. The van der Waals surface area contributed by atoms with Gasteiger partial charge in [-0.2, -0.15) is 0 Å². The van der Waals surface area contributed by atoms with Crippen LogP contribution < -0.4 is 0 Å². The van der Waals surface area contributed by atoms with Crippen LogP contribution in [0.1, 0.15) is 31.2 Å². The Kier molecular flexibility index (Phi) is 5.28. The molecule has 1 aliphatic heterocycles. The van der Waals surface area contributed by atoms with Crippen molar-refractivity contribution in [2.75, 3.05) is 26.2 Å². The van der Waals surface area contributed by atoms with E-state index in [-0.39, 0.29) is 5.92 Å². The van der Waals surface area contributed by atoms with Gasteiger partial charge in [-0.15, -0.1) is 0 Å². The number of rotatable bonds is 7. The highest BCUT2D eigenvalue weighted by atomic mass is 16.6. The fraction of sp³-hybridized carbons (Fsp3) is 0.556. The van der Waals surface area contributed by atoms with Crippen LogP contribution in [0.3, 0.4) is 0 Å². The topological polar surface area (TPSA) is 62.1 Å². The summed E-state index contributed by atoms with van der Waals surface area (Å²) in [4.78, 5) is 18.8. The molecule has 1 saturated carbocycles. The number of nitrogens with zero attached hydrogens (tertiary/aromatic N) is 2. The van der Waals surface area contributed by atoms with Crippen LogP contribution in [-0.2, 0) is 9.63 Å². The van der Waals surface area contributed by atoms with E-state index in [1.807, 2.05) is 18.2 Å². The van der Waals surface area contributed by atoms with Gasteiger partial charge in [0, 0.05) is 19.0 Å². The second-order valence-corrected chi connectivity index (χ2v) is 6.43. The summed E-state index contributed by atoms with van der Waals surface area (Å²) in [6, 6.07) is 10.2. The van der Waals surface area contributed by atoms with Gasteiger partial charge in [0.25, 0.3) is 0 Å². The summed E-state index contributed by atoms with van der Waals surface area (Å²) in [5.74, 6) is -0.392. The van der Waals surface area contributed by atoms with Crippen molar-refractivity contribution in [2.45, 2.75) is 25.7 Å². The lowest BCUT2D eigenvalue weighted by atomic mass is 9.98. The number of carbonyl (C=O) groups is 1. The number of benzene rings is 1. The van der Waals surface area contributed by atoms with Crippen molar-refractivity contribution in [1.82, 2.24) is 4.90 Å². The summed E-state index contributed by atoms with van der Waals surface area (Å²) in [7, 11) is 0. The normalized spacial score (nSPS) is 22.8. The van der Waals surface area contributed by atoms with E-state index in [0.717, 1.165) is 37.2 Å². The number of piperidine rings is 1. The third-order valence-corrected chi connectivity index (χ3v) is 4.55. The summed E-state index contributed by atoms with van der Waals surface area (Å²) in [6.07, 6.45) is 4.09. The lowest BCUT2D eigenvalue weighted by Crippen LogP contribution is -2.40. The van der Waals surface area contributed by atoms with Gasteiger partial charge in [-0.05, 0) is 37.8 Å². The average molecular weight is 316 g/mol. The van der Waals surface area contributed by atoms with E-state index < -0.39 is 5.97 Å². The van der Waals surface area contributed by atoms with Crippen LogP contribution >= 0.6 is 0 Å². The van der Waals surface area contributed by atoms with Crippen LogP contribution in [0.2, 0.25) is 0 Å². The van der Waals surface area contributed by atoms with Gasteiger partial charge in [-0.3, -0.25) is 9.69 Å². The molecule has 5 heteroatoms. The molecule has 0 radical (unpaired) electrons. The molecule has 1 heterocycles. The molecule has 0 bridgehead atoms. The Hall–Kier alpha value is -1.88. The Labute approximate surface area is 136 Å². The fourth-order valence-electron chi connectivity index (χ4n) is 3.07. The van der Waals surface area contributed by atoms with Gasteiger partial charge in [0.2, 0.25) is 0 Å². The Bertz CT molecular complexity index is 555. The minimum absolute atomic E-state index is 0.237. The van der Waals surface area contributed by atoms with Crippen molar-refractivity contribution in [3.63, 3.8) is 0 Å². The molecule has 2 fully saturated rings. The number of oxime groups is 1. The molecule has 1 atom stereocenters. The highest BCUT2D eigenvalue weighted by Gasteiger charge is 2.29. The number of hydrogen-bond acceptors (Lipinski definition) is 4. The SMILES string of the molecule is O=C(O)[C@@H]1CCCN(CCON=C(c2ccccc2)C2CC2)C1. The third kappa shape index (κ3) is 4.55. The molecule has 1 aromatic carbocycles. The lowest BCUT2D eigenvalue weighted by molar-refractivity contribution is -0.143. The van der Waals surface area contributed by atoms with Gasteiger partial charge in [0.05, 0.1) is 11.6 Å². The molecule has 1 N–H and O–H groups in total. The number of hydrogen-bond donors (Lipinski definition) is 1. The molecule has 23 heavy (non-hydrogen) atoms. The zero-order valence-electron chi connectivity index (χ0n) is 13.4. The van der Waals surface area contributed by atoms with Crippen LogP contribution in [0.5, 0.6) is 0 Å². The predicted molar refractivity (Wildman–Crippen MR) is 88.5 cm³/mol. The highest BCUT2D eigenvalue weighted by molar-refractivity contribution is 6.03. The third-order valence-electron chi connectivity index (χ3n) is 4.55. The molecule has 0 spiro atoms. The molecule has 3 rings (SSSR count). The van der Waals surface area contributed by atoms with Crippen LogP contribution in [0, 0.1) is 11.8 Å². The van der Waals surface area contributed by atoms with Crippen molar-refractivity contribution in [1.29, 1.82) is 0 Å². The van der Waals surface area contributed by atoms with Crippen molar-refractivity contribution in [2.24, 2.45) is 17.0 Å². The highest BCUT2D eigenvalue weighted by Crippen LogP contribution is 2.33. The number of likely N-dealkylation sites (tertiary alicyclic amines) is 1. The quantitative estimate of drug-likeness (QED) is 0.477. The van der Waals surface area contributed by atoms with E-state index in [1.165, 1.54) is 12.8 Å². The Morgan fingerprint density at radius 1 is 1.22 bits per heavy atom. The Balaban J connectivity index is 1.49. The first kappa shape index (κ1) is 16.0. The molecule has 0 amide bonds. The van der Waals surface area contributed by atoms with Crippen molar-refractivity contribution < 1.29 is 14.7 Å². The second kappa shape index (κ2) is 7.59. The van der Waals surface area contributed by atoms with Crippen LogP contribution in [0.4, 0.5) is 0 Å². The smallest absolute Gasteiger partial charge is 0.307 e. The molecule has 5 nitrogen and oxygen atoms in total. The van der Waals surface area contributed by atoms with Gasteiger partial charge < -0.3 is 9.94 Å². The minimum Gasteiger partial charge on any atom is -0.481 e. The first-order chi connectivity index (χ1) is 11.2. The second-order valence-electron chi connectivity index (χ2n) is 6.43. The monoisotopic (exact) mass is 316 g/mol. The maximum atomic E-state index is 11.1. The fourth-order valence-corrected chi connectivity index (χ4v) is 3.07. The molecule has 1 saturated heterocycles. The maximum absolute atomic E-state index is 11.1. The van der Waals surface area contributed by atoms with Gasteiger partial charge in [-0.25, -0.2) is 0 Å². The predicted octanol–water partition coefficient (Wildman–Crippen LogP) is 2.61. The van der Waals surface area contributed by atoms with Gasteiger partial charge in [0.1, 0.15) is 6.61 Å². The summed E-state index contributed by atoms with van der Waals surface area (Å²) < 4.78 is 0. The van der Waals surface area contributed by atoms with Crippen molar-refractivity contribution in [3.8, 4) is 0 Å². The summed E-state index contributed by atoms with van der Waals surface area (Å²) in [5, 5.41) is 13.5. The molecular weight excluding hydrogens is 292 g/mol. The van der Waals surface area contributed by atoms with Crippen molar-refractivity contribution >= 4 is 11.7 Å². The molecular formula is C18H24N2O3. The molecule has 2 aliphatic rings. The molecule has 0 unspecified atom stereocenters. The van der Waals surface area contributed by atoms with E-state index in [2.05, 4.69) is 22.2 Å². The van der Waals surface area contributed by atoms with Crippen LogP contribution in [0.25, 0.3) is 0 Å². The summed E-state index contributed by atoms with van der Waals surface area (Å²) in [5.41, 5.74) is 2.19. The van der Waals surface area contributed by atoms with Crippen LogP contribution in [-0.4, -0.2) is 47.9 Å². The van der Waals surface area contributed by atoms with E-state index >= 15 is 0 Å². The van der Waals surface area contributed by atoms with E-state index in [1.54, 1.807) is 0 Å². The molecule has 1 aromatic rings. The molecule has 1 aliphatic carbocycles. The summed E-state index contributed by atoms with van der Waals surface area (Å²) >= 11 is 0. The summed E-state index contributed by atoms with van der Waals surface area (Å²) in [6.45, 7) is 2.82.